The van der Waals surface area contributed by atoms with Crippen molar-refractivity contribution in [2.24, 2.45) is 45.1 Å². The van der Waals surface area contributed by atoms with E-state index < -0.39 is 299 Å². The quantitative estimate of drug-likeness (QED) is 0.0164. The molecule has 15 unspecified atom stereocenters. The SMILES string of the molecule is CC(NC(=O)CNC(=O)C(N)CO)C(=O)NC(CCC(=O)O)C(=O)NC(CCCCN)C(=O)NC(C(=O)NC(CCC(N)=O)C(=O)NC(CCC(=O)O)C(=O)NC(CCC(N)=O)C(=O)NC(CCCN=C(N)N)C(=O)NC(C)C(=O)NC(CC(N)=O)C(=O)NC(C)C(=O)NC(Cc1cnc[nH]1)C(=O)NC(CO)C(=O)O)C(C)O. The molecule has 0 bridgehead atoms. The minimum absolute atomic E-state index is 0.0582. The topological polar surface area (TPSA) is 854 Å². The van der Waals surface area contributed by atoms with Crippen LogP contribution in [-0.4, -0.2) is 288 Å². The standard InChI is InChI=1S/C63H104N24O26/c1-27(75-45(94)23-73-52(102)32(65)24-88)49(99)78-37(12-16-46(95)96)56(106)79-33(8-5-6-18-64)58(108)87-48(30(4)90)61(111)83-36(11-15-43(67)92)55(105)82-38(13-17-47(97)98)57(107)81-35(10-14-42(66)91)54(104)80-34(9-7-19-72-63(69)70)53(103)76-28(2)51(101)85-40(21-44(68)93)59(109)77-29(3)50(100)84-39(20-31-22-71-26-74-31)60(110)86-41(25-89)62(112)113/h22,26-30,32-41,48,88-90H,5-21,23-25,64-65H2,1-4H3,(H2,66,91)(H2,67,92)(H2,68,93)(H,71,74)(H,73,102)(H,75,94)(H,76,103)(H,77,109)(H,78,99)(H,79,106)(H,80,104)(H,81,107)(H,82,105)(H,83,111)(H,84,100)(H,85,101)(H,86,110)(H,87,108)(H,95,96)(H,97,98)(H,112,113)(H4,69,70,72). The number of aromatic amines is 1. The molecule has 0 aliphatic rings. The van der Waals surface area contributed by atoms with E-state index in [-0.39, 0.29) is 50.9 Å². The number of nitrogens with one attached hydrogen (secondary N) is 15. The Kier molecular flexibility index (Phi) is 44.7. The van der Waals surface area contributed by atoms with Crippen molar-refractivity contribution in [3.63, 3.8) is 0 Å². The third-order valence-electron chi connectivity index (χ3n) is 16.1. The molecule has 0 spiro atoms. The number of imidazole rings is 1. The third-order valence-corrected chi connectivity index (χ3v) is 16.1. The second-order valence-corrected chi connectivity index (χ2v) is 25.6. The number of H-pyrrole nitrogens is 1. The number of rotatable bonds is 56. The van der Waals surface area contributed by atoms with E-state index in [1.54, 1.807) is 0 Å². The molecule has 1 rings (SSSR count). The van der Waals surface area contributed by atoms with Crippen molar-refractivity contribution in [3.05, 3.63) is 18.2 Å². The molecular formula is C63H104N24O26. The van der Waals surface area contributed by atoms with Gasteiger partial charge in [0.2, 0.25) is 100 Å². The van der Waals surface area contributed by atoms with Crippen LogP contribution in [0.15, 0.2) is 17.5 Å². The van der Waals surface area contributed by atoms with Crippen LogP contribution in [0.5, 0.6) is 0 Å². The van der Waals surface area contributed by atoms with Gasteiger partial charge in [-0.25, -0.2) is 9.78 Å². The van der Waals surface area contributed by atoms with Gasteiger partial charge in [-0.2, -0.15) is 0 Å². The molecule has 1 aromatic rings. The molecule has 0 aliphatic carbocycles. The van der Waals surface area contributed by atoms with Crippen LogP contribution in [0, 0.1) is 0 Å². The maximum Gasteiger partial charge on any atom is 0.328 e. The lowest BCUT2D eigenvalue weighted by atomic mass is 10.0. The van der Waals surface area contributed by atoms with Crippen LogP contribution in [-0.2, 0) is 102 Å². The number of carbonyl (C=O) groups excluding carboxylic acids is 17. The molecular weight excluding hydrogens is 1510 g/mol. The molecule has 1 aromatic heterocycles. The van der Waals surface area contributed by atoms with Crippen LogP contribution in [0.25, 0.3) is 0 Å². The highest BCUT2D eigenvalue weighted by Gasteiger charge is 2.38. The van der Waals surface area contributed by atoms with Crippen molar-refractivity contribution in [2.75, 3.05) is 32.8 Å². The highest BCUT2D eigenvalue weighted by Crippen LogP contribution is 2.12. The Labute approximate surface area is 644 Å². The number of nitrogens with two attached hydrogens (primary N) is 7. The van der Waals surface area contributed by atoms with Gasteiger partial charge in [-0.3, -0.25) is 96.1 Å². The van der Waals surface area contributed by atoms with Crippen molar-refractivity contribution < 1.29 is 127 Å². The summed E-state index contributed by atoms with van der Waals surface area (Å²) in [6.45, 7) is 1.69. The van der Waals surface area contributed by atoms with Crippen LogP contribution in [0.3, 0.4) is 0 Å². The number of unbranched alkanes of at least 4 members (excludes halogenated alkanes) is 1. The Morgan fingerprint density at radius 2 is 0.814 bits per heavy atom. The van der Waals surface area contributed by atoms with Crippen molar-refractivity contribution in [1.29, 1.82) is 0 Å². The predicted octanol–water partition coefficient (Wildman–Crippen LogP) is -14.5. The summed E-state index contributed by atoms with van der Waals surface area (Å²) in [4.78, 5) is 273. The number of carboxylic acids is 3. The number of amides is 17. The Balaban J connectivity index is 3.64. The number of hydrogen-bond donors (Lipinski definition) is 28. The molecule has 35 N–H and O–H groups in total. The zero-order chi connectivity index (χ0) is 85.9. The van der Waals surface area contributed by atoms with Crippen LogP contribution < -0.4 is 115 Å². The lowest BCUT2D eigenvalue weighted by Crippen LogP contribution is -2.62. The normalized spacial score (nSPS) is 14.9. The number of aliphatic imine (C=N–C) groups is 1. The number of carboxylic acid groups (broad SMARTS) is 3. The molecule has 17 amide bonds. The number of primary amides is 3. The summed E-state index contributed by atoms with van der Waals surface area (Å²) in [5.74, 6) is -24.9. The maximum absolute atomic E-state index is 14.3. The Bertz CT molecular complexity index is 3530. The summed E-state index contributed by atoms with van der Waals surface area (Å²) in [6.07, 6.45) is -6.99. The van der Waals surface area contributed by atoms with Gasteiger partial charge in [0.15, 0.2) is 5.96 Å². The van der Waals surface area contributed by atoms with Gasteiger partial charge in [-0.15, -0.1) is 0 Å². The first-order valence-corrected chi connectivity index (χ1v) is 35.1. The summed E-state index contributed by atoms with van der Waals surface area (Å²) in [5, 5.41) is 89.3. The van der Waals surface area contributed by atoms with Gasteiger partial charge >= 0.3 is 17.9 Å². The molecule has 0 saturated heterocycles. The highest BCUT2D eigenvalue weighted by atomic mass is 16.4. The molecule has 0 aliphatic heterocycles. The lowest BCUT2D eigenvalue weighted by molar-refractivity contribution is -0.143. The molecule has 1 heterocycles. The number of aliphatic hydroxyl groups is 3. The molecule has 0 saturated carbocycles. The van der Waals surface area contributed by atoms with E-state index >= 15 is 0 Å². The van der Waals surface area contributed by atoms with Crippen LogP contribution in [0.1, 0.15) is 123 Å². The van der Waals surface area contributed by atoms with Gasteiger partial charge in [-0.1, -0.05) is 0 Å². The first-order chi connectivity index (χ1) is 52.9. The average Bonchev–Trinajstić information content (AvgIpc) is 0.897. The van der Waals surface area contributed by atoms with Crippen molar-refractivity contribution in [1.82, 2.24) is 84.4 Å². The van der Waals surface area contributed by atoms with Gasteiger partial charge in [-0.05, 0) is 92.0 Å². The fourth-order valence-corrected chi connectivity index (χ4v) is 9.81. The van der Waals surface area contributed by atoms with E-state index in [9.17, 15) is 121 Å². The summed E-state index contributed by atoms with van der Waals surface area (Å²) < 4.78 is 0. The molecule has 0 radical (unpaired) electrons. The van der Waals surface area contributed by atoms with Gasteiger partial charge in [0.1, 0.15) is 84.6 Å². The van der Waals surface area contributed by atoms with E-state index in [4.69, 9.17) is 45.2 Å². The van der Waals surface area contributed by atoms with Crippen molar-refractivity contribution >= 4 is 124 Å². The summed E-state index contributed by atoms with van der Waals surface area (Å²) in [5.41, 5.74) is 38.5. The van der Waals surface area contributed by atoms with Crippen LogP contribution >= 0.6 is 0 Å². The van der Waals surface area contributed by atoms with Crippen LogP contribution in [0.2, 0.25) is 0 Å². The van der Waals surface area contributed by atoms with Crippen LogP contribution in [0.4, 0.5) is 0 Å². The first-order valence-electron chi connectivity index (χ1n) is 35.1. The summed E-state index contributed by atoms with van der Waals surface area (Å²) in [6, 6.07) is -24.5. The van der Waals surface area contributed by atoms with Gasteiger partial charge in [0.05, 0.1) is 38.6 Å². The molecule has 113 heavy (non-hydrogen) atoms. The fourth-order valence-electron chi connectivity index (χ4n) is 9.81. The minimum atomic E-state index is -2.08. The highest BCUT2D eigenvalue weighted by molar-refractivity contribution is 6.01. The van der Waals surface area contributed by atoms with E-state index in [1.807, 2.05) is 0 Å². The second-order valence-electron chi connectivity index (χ2n) is 25.6. The Hall–Kier alpha value is -12.3. The average molecular weight is 1610 g/mol. The molecule has 15 atom stereocenters. The van der Waals surface area contributed by atoms with E-state index in [0.717, 1.165) is 27.7 Å². The number of carbonyl (C=O) groups is 20. The Morgan fingerprint density at radius 3 is 1.21 bits per heavy atom. The zero-order valence-corrected chi connectivity index (χ0v) is 62.2. The van der Waals surface area contributed by atoms with Crippen molar-refractivity contribution in [3.8, 4) is 0 Å². The monoisotopic (exact) mass is 1610 g/mol. The summed E-state index contributed by atoms with van der Waals surface area (Å²) in [7, 11) is 0. The van der Waals surface area contributed by atoms with E-state index in [2.05, 4.69) is 89.4 Å². The zero-order valence-electron chi connectivity index (χ0n) is 62.2. The number of nitrogens with zero attached hydrogens (tertiary/aromatic N) is 2. The number of aromatic nitrogens is 2. The largest absolute Gasteiger partial charge is 0.481 e. The molecule has 50 nitrogen and oxygen atoms in total. The number of aliphatic hydroxyl groups excluding tert-OH is 3. The molecule has 0 fully saturated rings. The molecule has 632 valence electrons. The molecule has 50 heteroatoms. The fraction of sp³-hybridized carbons (Fsp3) is 0.619. The number of aliphatic carboxylic acids is 3. The van der Waals surface area contributed by atoms with E-state index in [0.29, 0.717) is 0 Å². The lowest BCUT2D eigenvalue weighted by Gasteiger charge is -2.29. The first kappa shape index (κ1) is 98.7. The number of guanidine groups is 1. The maximum atomic E-state index is 14.3. The van der Waals surface area contributed by atoms with E-state index in [1.165, 1.54) is 12.5 Å². The van der Waals surface area contributed by atoms with Gasteiger partial charge in [0, 0.05) is 50.5 Å². The summed E-state index contributed by atoms with van der Waals surface area (Å²) >= 11 is 0. The minimum Gasteiger partial charge on any atom is -0.481 e. The van der Waals surface area contributed by atoms with Gasteiger partial charge in [0.25, 0.3) is 0 Å². The third kappa shape index (κ3) is 39.2. The second kappa shape index (κ2) is 51.2. The van der Waals surface area contributed by atoms with Gasteiger partial charge < -0.3 is 150 Å². The predicted molar refractivity (Wildman–Crippen MR) is 386 cm³/mol. The van der Waals surface area contributed by atoms with Crippen molar-refractivity contribution in [2.45, 2.75) is 215 Å². The molecule has 0 aromatic carbocycles. The Morgan fingerprint density at radius 1 is 0.434 bits per heavy atom. The smallest absolute Gasteiger partial charge is 0.328 e. The number of hydrogen-bond acceptors (Lipinski definition) is 27.